The molecule has 0 bridgehead atoms. The summed E-state index contributed by atoms with van der Waals surface area (Å²) in [5, 5.41) is 2.57. The molecule has 122 valence electrons. The highest BCUT2D eigenvalue weighted by molar-refractivity contribution is 7.89. The number of alkyl halides is 3. The first kappa shape index (κ1) is 20.5. The van der Waals surface area contributed by atoms with E-state index in [9.17, 15) is 21.6 Å². The third-order valence-electron chi connectivity index (χ3n) is 2.44. The summed E-state index contributed by atoms with van der Waals surface area (Å²) in [6.07, 6.45) is -4.12. The van der Waals surface area contributed by atoms with Crippen molar-refractivity contribution in [1.82, 2.24) is 10.0 Å². The zero-order chi connectivity index (χ0) is 15.4. The van der Waals surface area contributed by atoms with E-state index in [1.165, 1.54) is 0 Å². The number of hydrogen-bond donors (Lipinski definition) is 2. The molecule has 0 heterocycles. The summed E-state index contributed by atoms with van der Waals surface area (Å²) < 4.78 is 63.8. The van der Waals surface area contributed by atoms with Crippen LogP contribution in [0.25, 0.3) is 0 Å². The van der Waals surface area contributed by atoms with Gasteiger partial charge in [0.15, 0.2) is 0 Å². The van der Waals surface area contributed by atoms with Crippen molar-refractivity contribution in [3.63, 3.8) is 0 Å². The van der Waals surface area contributed by atoms with E-state index in [0.717, 1.165) is 12.1 Å². The molecule has 0 saturated heterocycles. The summed E-state index contributed by atoms with van der Waals surface area (Å²) >= 11 is 5.67. The second kappa shape index (κ2) is 8.19. The minimum atomic E-state index is -4.62. The van der Waals surface area contributed by atoms with E-state index in [0.29, 0.717) is 19.0 Å². The lowest BCUT2D eigenvalue weighted by atomic mass is 10.2. The van der Waals surface area contributed by atoms with Gasteiger partial charge >= 0.3 is 6.18 Å². The molecule has 0 atom stereocenters. The fraction of sp³-hybridized carbons (Fsp3) is 0.455. The van der Waals surface area contributed by atoms with Crippen LogP contribution in [0.15, 0.2) is 23.1 Å². The van der Waals surface area contributed by atoms with Gasteiger partial charge < -0.3 is 5.32 Å². The van der Waals surface area contributed by atoms with Crippen molar-refractivity contribution in [3.05, 3.63) is 28.8 Å². The van der Waals surface area contributed by atoms with Crippen molar-refractivity contribution in [3.8, 4) is 0 Å². The van der Waals surface area contributed by atoms with Crippen LogP contribution in [0.4, 0.5) is 13.2 Å². The Hall–Kier alpha value is -0.540. The molecule has 0 radical (unpaired) electrons. The first-order chi connectivity index (χ1) is 9.18. The molecule has 0 amide bonds. The van der Waals surface area contributed by atoms with E-state index in [1.54, 1.807) is 7.05 Å². The van der Waals surface area contributed by atoms with Gasteiger partial charge in [-0.25, -0.2) is 13.1 Å². The molecule has 1 aromatic carbocycles. The van der Waals surface area contributed by atoms with Gasteiger partial charge in [-0.3, -0.25) is 0 Å². The second-order valence-electron chi connectivity index (χ2n) is 4.00. The predicted octanol–water partition coefficient (Wildman–Crippen LogP) is 2.67. The van der Waals surface area contributed by atoms with E-state index < -0.39 is 26.7 Å². The van der Waals surface area contributed by atoms with Crippen LogP contribution in [0, 0.1) is 0 Å². The molecule has 1 rings (SSSR count). The molecule has 0 spiro atoms. The molecular weight excluding hydrogens is 352 g/mol. The highest BCUT2D eigenvalue weighted by Gasteiger charge is 2.32. The Morgan fingerprint density at radius 1 is 1.24 bits per heavy atom. The topological polar surface area (TPSA) is 58.2 Å². The Kier molecular flexibility index (Phi) is 7.98. The Balaban J connectivity index is 0.00000400. The quantitative estimate of drug-likeness (QED) is 0.761. The van der Waals surface area contributed by atoms with E-state index >= 15 is 0 Å². The fourth-order valence-electron chi connectivity index (χ4n) is 1.44. The molecule has 0 fully saturated rings. The highest BCUT2D eigenvalue weighted by atomic mass is 35.5. The molecular formula is C11H15Cl2F3N2O2S. The Bertz CT molecular complexity index is 565. The maximum Gasteiger partial charge on any atom is 0.416 e. The van der Waals surface area contributed by atoms with E-state index in [-0.39, 0.29) is 24.0 Å². The molecule has 1 aromatic rings. The Morgan fingerprint density at radius 3 is 2.38 bits per heavy atom. The van der Waals surface area contributed by atoms with E-state index in [4.69, 9.17) is 11.6 Å². The van der Waals surface area contributed by atoms with Gasteiger partial charge in [-0.2, -0.15) is 13.2 Å². The second-order valence-corrected chi connectivity index (χ2v) is 6.14. The van der Waals surface area contributed by atoms with Gasteiger partial charge in [0.05, 0.1) is 10.6 Å². The first-order valence-corrected chi connectivity index (χ1v) is 7.55. The summed E-state index contributed by atoms with van der Waals surface area (Å²) in [6.45, 7) is 0.689. The molecule has 21 heavy (non-hydrogen) atoms. The zero-order valence-electron chi connectivity index (χ0n) is 11.0. The summed E-state index contributed by atoms with van der Waals surface area (Å²) in [7, 11) is -2.36. The Morgan fingerprint density at radius 2 is 1.86 bits per heavy atom. The molecule has 10 heteroatoms. The largest absolute Gasteiger partial charge is 0.416 e. The number of halogens is 5. The summed E-state index contributed by atoms with van der Waals surface area (Å²) in [6, 6.07) is 2.19. The van der Waals surface area contributed by atoms with Crippen LogP contribution in [0.3, 0.4) is 0 Å². The van der Waals surface area contributed by atoms with Crippen LogP contribution < -0.4 is 10.0 Å². The van der Waals surface area contributed by atoms with Crippen LogP contribution in [0.2, 0.25) is 5.02 Å². The minimum Gasteiger partial charge on any atom is -0.320 e. The molecule has 0 aliphatic rings. The van der Waals surface area contributed by atoms with Crippen LogP contribution >= 0.6 is 24.0 Å². The predicted molar refractivity (Wildman–Crippen MR) is 77.4 cm³/mol. The third-order valence-corrected chi connectivity index (χ3v) is 4.39. The van der Waals surface area contributed by atoms with Crippen molar-refractivity contribution in [1.29, 1.82) is 0 Å². The normalized spacial score (nSPS) is 12.0. The van der Waals surface area contributed by atoms with Gasteiger partial charge in [0, 0.05) is 6.54 Å². The van der Waals surface area contributed by atoms with Crippen LogP contribution in [0.1, 0.15) is 12.0 Å². The average Bonchev–Trinajstić information content (AvgIpc) is 2.33. The SMILES string of the molecule is CNCCCNS(=O)(=O)c1cc(C(F)(F)F)ccc1Cl.Cl. The maximum absolute atomic E-state index is 12.6. The van der Waals surface area contributed by atoms with Crippen molar-refractivity contribution < 1.29 is 21.6 Å². The van der Waals surface area contributed by atoms with Gasteiger partial charge in [-0.05, 0) is 38.2 Å². The third kappa shape index (κ3) is 5.99. The van der Waals surface area contributed by atoms with Crippen molar-refractivity contribution in [2.75, 3.05) is 20.1 Å². The van der Waals surface area contributed by atoms with Crippen LogP contribution in [-0.2, 0) is 16.2 Å². The monoisotopic (exact) mass is 366 g/mol. The van der Waals surface area contributed by atoms with Crippen molar-refractivity contribution >= 4 is 34.0 Å². The first-order valence-electron chi connectivity index (χ1n) is 5.69. The van der Waals surface area contributed by atoms with E-state index in [2.05, 4.69) is 10.0 Å². The van der Waals surface area contributed by atoms with Gasteiger partial charge in [-0.15, -0.1) is 12.4 Å². The van der Waals surface area contributed by atoms with Gasteiger partial charge in [0.1, 0.15) is 4.90 Å². The summed E-state index contributed by atoms with van der Waals surface area (Å²) in [5.74, 6) is 0. The molecule has 0 aromatic heterocycles. The average molecular weight is 367 g/mol. The van der Waals surface area contributed by atoms with Crippen LogP contribution in [0.5, 0.6) is 0 Å². The van der Waals surface area contributed by atoms with Gasteiger partial charge in [0.2, 0.25) is 10.0 Å². The lowest BCUT2D eigenvalue weighted by molar-refractivity contribution is -0.137. The fourth-order valence-corrected chi connectivity index (χ4v) is 3.03. The number of rotatable bonds is 6. The van der Waals surface area contributed by atoms with Crippen LogP contribution in [-0.4, -0.2) is 28.6 Å². The minimum absolute atomic E-state index is 0. The van der Waals surface area contributed by atoms with E-state index in [1.807, 2.05) is 0 Å². The van der Waals surface area contributed by atoms with Crippen molar-refractivity contribution in [2.24, 2.45) is 0 Å². The molecule has 0 unspecified atom stereocenters. The molecule has 2 N–H and O–H groups in total. The summed E-state index contributed by atoms with van der Waals surface area (Å²) in [5.41, 5.74) is -1.06. The zero-order valence-corrected chi connectivity index (χ0v) is 13.4. The lowest BCUT2D eigenvalue weighted by Crippen LogP contribution is -2.27. The number of hydrogen-bond acceptors (Lipinski definition) is 3. The molecule has 4 nitrogen and oxygen atoms in total. The number of benzene rings is 1. The standard InChI is InChI=1S/C11H14ClF3N2O2S.ClH/c1-16-5-2-6-17-20(18,19)10-7-8(11(13,14)15)3-4-9(10)12;/h3-4,7,16-17H,2,5-6H2,1H3;1H. The highest BCUT2D eigenvalue weighted by Crippen LogP contribution is 2.33. The molecule has 0 saturated carbocycles. The molecule has 0 aliphatic heterocycles. The molecule has 0 aliphatic carbocycles. The van der Waals surface area contributed by atoms with Crippen molar-refractivity contribution in [2.45, 2.75) is 17.5 Å². The van der Waals surface area contributed by atoms with Gasteiger partial charge in [-0.1, -0.05) is 11.6 Å². The number of sulfonamides is 1. The number of nitrogens with one attached hydrogen (secondary N) is 2. The lowest BCUT2D eigenvalue weighted by Gasteiger charge is -2.12. The Labute approximate surface area is 132 Å². The smallest absolute Gasteiger partial charge is 0.320 e. The maximum atomic E-state index is 12.6. The van der Waals surface area contributed by atoms with Gasteiger partial charge in [0.25, 0.3) is 0 Å². The summed E-state index contributed by atoms with van der Waals surface area (Å²) in [4.78, 5) is -0.571.